The van der Waals surface area contributed by atoms with Crippen molar-refractivity contribution in [1.29, 1.82) is 0 Å². The third-order valence-electron chi connectivity index (χ3n) is 3.36. The van der Waals surface area contributed by atoms with Gasteiger partial charge in [0.05, 0.1) is 0 Å². The highest BCUT2D eigenvalue weighted by Gasteiger charge is 2.07. The van der Waals surface area contributed by atoms with Gasteiger partial charge in [-0.3, -0.25) is 4.79 Å². The summed E-state index contributed by atoms with van der Waals surface area (Å²) in [7, 11) is 0. The van der Waals surface area contributed by atoms with Crippen molar-refractivity contribution in [2.75, 3.05) is 13.1 Å². The maximum atomic E-state index is 12.1. The first-order valence-electron chi connectivity index (χ1n) is 7.65. The molecule has 0 aliphatic rings. The van der Waals surface area contributed by atoms with Gasteiger partial charge in [0.15, 0.2) is 0 Å². The monoisotopic (exact) mass is 376 g/mol. The van der Waals surface area contributed by atoms with E-state index in [-0.39, 0.29) is 5.91 Å². The molecule has 0 saturated carbocycles. The zero-order valence-electron chi connectivity index (χ0n) is 12.9. The SMILES string of the molecule is NCCCCNC(=O)c1cccc(OCc2ccccc2Br)c1. The number of benzene rings is 2. The molecule has 4 nitrogen and oxygen atoms in total. The molecule has 1 amide bonds. The number of amides is 1. The van der Waals surface area contributed by atoms with Gasteiger partial charge in [0, 0.05) is 22.1 Å². The number of hydrogen-bond donors (Lipinski definition) is 2. The van der Waals surface area contributed by atoms with Crippen molar-refractivity contribution in [2.45, 2.75) is 19.4 Å². The Labute approximate surface area is 145 Å². The van der Waals surface area contributed by atoms with Crippen LogP contribution in [0.2, 0.25) is 0 Å². The first-order chi connectivity index (χ1) is 11.2. The summed E-state index contributed by atoms with van der Waals surface area (Å²) in [6.07, 6.45) is 1.80. The van der Waals surface area contributed by atoms with Crippen molar-refractivity contribution in [3.8, 4) is 5.75 Å². The molecule has 0 aliphatic heterocycles. The number of halogens is 1. The lowest BCUT2D eigenvalue weighted by atomic mass is 10.2. The van der Waals surface area contributed by atoms with Crippen molar-refractivity contribution in [3.05, 3.63) is 64.1 Å². The largest absolute Gasteiger partial charge is 0.489 e. The molecule has 5 heteroatoms. The van der Waals surface area contributed by atoms with E-state index >= 15 is 0 Å². The predicted molar refractivity (Wildman–Crippen MR) is 95.5 cm³/mol. The van der Waals surface area contributed by atoms with Crippen LogP contribution >= 0.6 is 15.9 Å². The number of rotatable bonds is 8. The Morgan fingerprint density at radius 3 is 2.74 bits per heavy atom. The molecule has 2 aromatic carbocycles. The zero-order chi connectivity index (χ0) is 16.5. The Morgan fingerprint density at radius 1 is 1.13 bits per heavy atom. The average Bonchev–Trinajstić information content (AvgIpc) is 2.58. The standard InChI is InChI=1S/C18H21BrN2O2/c19-17-9-2-1-6-15(17)13-23-16-8-5-7-14(12-16)18(22)21-11-4-3-10-20/h1-2,5-9,12H,3-4,10-11,13,20H2,(H,21,22). The summed E-state index contributed by atoms with van der Waals surface area (Å²) in [5, 5.41) is 2.89. The fourth-order valence-electron chi connectivity index (χ4n) is 2.08. The minimum atomic E-state index is -0.0895. The molecule has 23 heavy (non-hydrogen) atoms. The lowest BCUT2D eigenvalue weighted by molar-refractivity contribution is 0.0952. The van der Waals surface area contributed by atoms with E-state index < -0.39 is 0 Å². The van der Waals surface area contributed by atoms with Gasteiger partial charge in [0.25, 0.3) is 5.91 Å². The van der Waals surface area contributed by atoms with Gasteiger partial charge < -0.3 is 15.8 Å². The molecule has 2 aromatic rings. The van der Waals surface area contributed by atoms with Gasteiger partial charge in [-0.05, 0) is 43.7 Å². The summed E-state index contributed by atoms with van der Waals surface area (Å²) >= 11 is 3.50. The molecule has 2 rings (SSSR count). The van der Waals surface area contributed by atoms with Crippen LogP contribution in [-0.2, 0) is 6.61 Å². The van der Waals surface area contributed by atoms with Crippen LogP contribution in [-0.4, -0.2) is 19.0 Å². The number of nitrogens with two attached hydrogens (primary N) is 1. The van der Waals surface area contributed by atoms with Crippen molar-refractivity contribution >= 4 is 21.8 Å². The fourth-order valence-corrected chi connectivity index (χ4v) is 2.48. The Balaban J connectivity index is 1.91. The van der Waals surface area contributed by atoms with Crippen LogP contribution < -0.4 is 15.8 Å². The normalized spacial score (nSPS) is 10.3. The summed E-state index contributed by atoms with van der Waals surface area (Å²) in [6.45, 7) is 1.73. The molecule has 0 aliphatic carbocycles. The van der Waals surface area contributed by atoms with Crippen LogP contribution in [0.3, 0.4) is 0 Å². The van der Waals surface area contributed by atoms with Gasteiger partial charge in [-0.25, -0.2) is 0 Å². The minimum Gasteiger partial charge on any atom is -0.489 e. The van der Waals surface area contributed by atoms with Crippen LogP contribution in [0, 0.1) is 0 Å². The van der Waals surface area contributed by atoms with E-state index in [9.17, 15) is 4.79 Å². The summed E-state index contributed by atoms with van der Waals surface area (Å²) in [5.74, 6) is 0.587. The van der Waals surface area contributed by atoms with Gasteiger partial charge >= 0.3 is 0 Å². The molecular weight excluding hydrogens is 356 g/mol. The number of carbonyl (C=O) groups is 1. The third kappa shape index (κ3) is 5.69. The number of hydrogen-bond acceptors (Lipinski definition) is 3. The highest BCUT2D eigenvalue weighted by molar-refractivity contribution is 9.10. The lowest BCUT2D eigenvalue weighted by Crippen LogP contribution is -2.24. The zero-order valence-corrected chi connectivity index (χ0v) is 14.5. The van der Waals surface area contributed by atoms with E-state index in [1.165, 1.54) is 0 Å². The second-order valence-electron chi connectivity index (χ2n) is 5.16. The number of unbranched alkanes of at least 4 members (excludes halogenated alkanes) is 1. The summed E-state index contributed by atoms with van der Waals surface area (Å²) in [4.78, 5) is 12.1. The van der Waals surface area contributed by atoms with E-state index in [1.807, 2.05) is 36.4 Å². The van der Waals surface area contributed by atoms with Crippen LogP contribution in [0.25, 0.3) is 0 Å². The molecule has 0 heterocycles. The molecule has 122 valence electrons. The smallest absolute Gasteiger partial charge is 0.251 e. The maximum absolute atomic E-state index is 12.1. The van der Waals surface area contributed by atoms with E-state index in [0.717, 1.165) is 22.9 Å². The van der Waals surface area contributed by atoms with Crippen molar-refractivity contribution in [1.82, 2.24) is 5.32 Å². The molecule has 0 fully saturated rings. The average molecular weight is 377 g/mol. The van der Waals surface area contributed by atoms with E-state index in [4.69, 9.17) is 10.5 Å². The Bertz CT molecular complexity index is 646. The van der Waals surface area contributed by atoms with Crippen LogP contribution in [0.4, 0.5) is 0 Å². The lowest BCUT2D eigenvalue weighted by Gasteiger charge is -2.10. The molecule has 0 spiro atoms. The highest BCUT2D eigenvalue weighted by atomic mass is 79.9. The molecule has 0 bridgehead atoms. The van der Waals surface area contributed by atoms with E-state index in [0.29, 0.717) is 31.0 Å². The quantitative estimate of drug-likeness (QED) is 0.693. The summed E-state index contributed by atoms with van der Waals surface area (Å²) < 4.78 is 6.79. The molecule has 0 atom stereocenters. The van der Waals surface area contributed by atoms with Crippen molar-refractivity contribution in [2.24, 2.45) is 5.73 Å². The van der Waals surface area contributed by atoms with Crippen molar-refractivity contribution < 1.29 is 9.53 Å². The predicted octanol–water partition coefficient (Wildman–Crippen LogP) is 3.50. The van der Waals surface area contributed by atoms with E-state index in [2.05, 4.69) is 21.2 Å². The molecular formula is C18H21BrN2O2. The molecule has 3 N–H and O–H groups in total. The number of ether oxygens (including phenoxy) is 1. The summed E-state index contributed by atoms with van der Waals surface area (Å²) in [5.41, 5.74) is 7.09. The second kappa shape index (κ2) is 9.33. The molecule has 0 unspecified atom stereocenters. The van der Waals surface area contributed by atoms with Gasteiger partial charge in [-0.2, -0.15) is 0 Å². The first-order valence-corrected chi connectivity index (χ1v) is 8.44. The fraction of sp³-hybridized carbons (Fsp3) is 0.278. The molecule has 0 radical (unpaired) electrons. The van der Waals surface area contributed by atoms with Gasteiger partial charge in [0.2, 0.25) is 0 Å². The number of nitrogens with one attached hydrogen (secondary N) is 1. The highest BCUT2D eigenvalue weighted by Crippen LogP contribution is 2.19. The molecule has 0 aromatic heterocycles. The van der Waals surface area contributed by atoms with Crippen LogP contribution in [0.5, 0.6) is 5.75 Å². The van der Waals surface area contributed by atoms with E-state index in [1.54, 1.807) is 12.1 Å². The van der Waals surface area contributed by atoms with Gasteiger partial charge in [-0.1, -0.05) is 40.2 Å². The summed E-state index contributed by atoms with van der Waals surface area (Å²) in [6, 6.07) is 15.1. The first kappa shape index (κ1) is 17.5. The molecule has 0 saturated heterocycles. The Hall–Kier alpha value is -1.85. The number of carbonyl (C=O) groups excluding carboxylic acids is 1. The second-order valence-corrected chi connectivity index (χ2v) is 6.01. The Kier molecular flexibility index (Phi) is 7.10. The van der Waals surface area contributed by atoms with Crippen molar-refractivity contribution in [3.63, 3.8) is 0 Å². The maximum Gasteiger partial charge on any atom is 0.251 e. The third-order valence-corrected chi connectivity index (χ3v) is 4.14. The minimum absolute atomic E-state index is 0.0895. The van der Waals surface area contributed by atoms with Gasteiger partial charge in [-0.15, -0.1) is 0 Å². The van der Waals surface area contributed by atoms with Gasteiger partial charge in [0.1, 0.15) is 12.4 Å². The Morgan fingerprint density at radius 2 is 1.96 bits per heavy atom. The van der Waals surface area contributed by atoms with Crippen LogP contribution in [0.15, 0.2) is 53.0 Å². The topological polar surface area (TPSA) is 64.3 Å². The van der Waals surface area contributed by atoms with Crippen LogP contribution in [0.1, 0.15) is 28.8 Å².